The number of hydrogen-bond donors (Lipinski definition) is 1. The standard InChI is InChI=1S/C21H20FN5O2/c1-13-12-18(25-20(24-13)15-2-3-15)21(29)23-10-11-27-19(28)9-8-17(26-27)14-4-6-16(22)7-5-14/h4-9,12,15H,2-3,10-11H2,1H3,(H,23,29). The number of benzene rings is 1. The molecule has 1 fully saturated rings. The van der Waals surface area contributed by atoms with E-state index < -0.39 is 0 Å². The molecule has 0 unspecified atom stereocenters. The zero-order valence-corrected chi connectivity index (χ0v) is 15.9. The predicted molar refractivity (Wildman–Crippen MR) is 105 cm³/mol. The molecule has 29 heavy (non-hydrogen) atoms. The van der Waals surface area contributed by atoms with Gasteiger partial charge in [0.05, 0.1) is 12.2 Å². The summed E-state index contributed by atoms with van der Waals surface area (Å²) in [6.07, 6.45) is 2.12. The van der Waals surface area contributed by atoms with Crippen LogP contribution >= 0.6 is 0 Å². The van der Waals surface area contributed by atoms with Crippen molar-refractivity contribution in [2.45, 2.75) is 32.2 Å². The first-order valence-electron chi connectivity index (χ1n) is 9.47. The Bertz CT molecular complexity index is 1110. The summed E-state index contributed by atoms with van der Waals surface area (Å²) in [5, 5.41) is 7.08. The van der Waals surface area contributed by atoms with Gasteiger partial charge < -0.3 is 5.32 Å². The number of aromatic nitrogens is 4. The Hall–Kier alpha value is -3.42. The molecule has 2 heterocycles. The third kappa shape index (κ3) is 4.53. The Morgan fingerprint density at radius 1 is 1.17 bits per heavy atom. The minimum absolute atomic E-state index is 0.207. The van der Waals surface area contributed by atoms with Crippen molar-refractivity contribution in [3.63, 3.8) is 0 Å². The van der Waals surface area contributed by atoms with Crippen LogP contribution in [0.25, 0.3) is 11.3 Å². The zero-order chi connectivity index (χ0) is 20.4. The molecule has 1 aliphatic carbocycles. The lowest BCUT2D eigenvalue weighted by molar-refractivity contribution is 0.0946. The van der Waals surface area contributed by atoms with Crippen LogP contribution < -0.4 is 10.9 Å². The van der Waals surface area contributed by atoms with Gasteiger partial charge in [-0.3, -0.25) is 9.59 Å². The number of nitrogens with one attached hydrogen (secondary N) is 1. The average molecular weight is 393 g/mol. The molecule has 2 aromatic heterocycles. The van der Waals surface area contributed by atoms with E-state index in [1.165, 1.54) is 22.9 Å². The lowest BCUT2D eigenvalue weighted by Crippen LogP contribution is -2.32. The van der Waals surface area contributed by atoms with Crippen LogP contribution in [-0.2, 0) is 6.54 Å². The van der Waals surface area contributed by atoms with Gasteiger partial charge in [0.25, 0.3) is 11.5 Å². The molecule has 1 N–H and O–H groups in total. The van der Waals surface area contributed by atoms with Gasteiger partial charge in [-0.25, -0.2) is 19.0 Å². The lowest BCUT2D eigenvalue weighted by atomic mass is 10.1. The van der Waals surface area contributed by atoms with Gasteiger partial charge in [0, 0.05) is 29.8 Å². The number of hydrogen-bond acceptors (Lipinski definition) is 5. The molecule has 0 saturated heterocycles. The number of rotatable bonds is 6. The summed E-state index contributed by atoms with van der Waals surface area (Å²) >= 11 is 0. The maximum absolute atomic E-state index is 13.1. The molecule has 0 aliphatic heterocycles. The van der Waals surface area contributed by atoms with E-state index in [2.05, 4.69) is 20.4 Å². The summed E-state index contributed by atoms with van der Waals surface area (Å²) in [7, 11) is 0. The number of halogens is 1. The van der Waals surface area contributed by atoms with Crippen LogP contribution in [0.1, 0.15) is 40.8 Å². The van der Waals surface area contributed by atoms with E-state index in [0.29, 0.717) is 22.9 Å². The van der Waals surface area contributed by atoms with Gasteiger partial charge in [-0.15, -0.1) is 0 Å². The second kappa shape index (κ2) is 7.90. The van der Waals surface area contributed by atoms with Gasteiger partial charge >= 0.3 is 0 Å². The fourth-order valence-corrected chi connectivity index (χ4v) is 2.98. The highest BCUT2D eigenvalue weighted by atomic mass is 19.1. The molecule has 1 amide bonds. The van der Waals surface area contributed by atoms with E-state index in [1.807, 2.05) is 6.92 Å². The van der Waals surface area contributed by atoms with Gasteiger partial charge in [0.1, 0.15) is 17.3 Å². The highest BCUT2D eigenvalue weighted by Gasteiger charge is 2.27. The van der Waals surface area contributed by atoms with Crippen LogP contribution in [0, 0.1) is 12.7 Å². The molecule has 148 valence electrons. The second-order valence-electron chi connectivity index (χ2n) is 7.07. The van der Waals surface area contributed by atoms with Gasteiger partial charge in [-0.2, -0.15) is 5.10 Å². The Labute approximate surface area is 166 Å². The van der Waals surface area contributed by atoms with Crippen LogP contribution in [-0.4, -0.2) is 32.2 Å². The topological polar surface area (TPSA) is 89.8 Å². The summed E-state index contributed by atoms with van der Waals surface area (Å²) in [4.78, 5) is 33.3. The third-order valence-electron chi connectivity index (χ3n) is 4.66. The smallest absolute Gasteiger partial charge is 0.270 e. The largest absolute Gasteiger partial charge is 0.349 e. The first-order valence-corrected chi connectivity index (χ1v) is 9.47. The van der Waals surface area contributed by atoms with E-state index in [0.717, 1.165) is 24.4 Å². The van der Waals surface area contributed by atoms with Crippen molar-refractivity contribution in [2.75, 3.05) is 6.54 Å². The van der Waals surface area contributed by atoms with Gasteiger partial charge in [0.2, 0.25) is 0 Å². The summed E-state index contributed by atoms with van der Waals surface area (Å²) in [6.45, 7) is 2.27. The summed E-state index contributed by atoms with van der Waals surface area (Å²) < 4.78 is 14.4. The van der Waals surface area contributed by atoms with E-state index >= 15 is 0 Å². The lowest BCUT2D eigenvalue weighted by Gasteiger charge is -2.09. The van der Waals surface area contributed by atoms with Crippen LogP contribution in [0.4, 0.5) is 4.39 Å². The molecule has 1 saturated carbocycles. The first kappa shape index (κ1) is 18.9. The van der Waals surface area contributed by atoms with Gasteiger partial charge in [0.15, 0.2) is 0 Å². The van der Waals surface area contributed by atoms with Crippen molar-refractivity contribution in [3.8, 4) is 11.3 Å². The molecule has 4 rings (SSSR count). The molecular formula is C21H20FN5O2. The number of aryl methyl sites for hydroxylation is 1. The molecule has 8 heteroatoms. The Morgan fingerprint density at radius 3 is 2.66 bits per heavy atom. The van der Waals surface area contributed by atoms with Crippen molar-refractivity contribution in [1.82, 2.24) is 25.1 Å². The quantitative estimate of drug-likeness (QED) is 0.695. The van der Waals surface area contributed by atoms with Crippen molar-refractivity contribution in [2.24, 2.45) is 0 Å². The fraction of sp³-hybridized carbons (Fsp3) is 0.286. The molecule has 0 bridgehead atoms. The summed E-state index contributed by atoms with van der Waals surface area (Å²) in [5.41, 5.74) is 2.07. The Balaban J connectivity index is 1.43. The molecule has 0 atom stereocenters. The minimum Gasteiger partial charge on any atom is -0.349 e. The number of carbonyl (C=O) groups excluding carboxylic acids is 1. The van der Waals surface area contributed by atoms with Crippen LogP contribution in [0.2, 0.25) is 0 Å². The van der Waals surface area contributed by atoms with Crippen LogP contribution in [0.3, 0.4) is 0 Å². The SMILES string of the molecule is Cc1cc(C(=O)NCCn2nc(-c3ccc(F)cc3)ccc2=O)nc(C2CC2)n1. The van der Waals surface area contributed by atoms with E-state index in [-0.39, 0.29) is 30.4 Å². The van der Waals surface area contributed by atoms with Crippen molar-refractivity contribution >= 4 is 5.91 Å². The maximum Gasteiger partial charge on any atom is 0.270 e. The fourth-order valence-electron chi connectivity index (χ4n) is 2.98. The highest BCUT2D eigenvalue weighted by Crippen LogP contribution is 2.38. The number of nitrogens with zero attached hydrogens (tertiary/aromatic N) is 4. The first-order chi connectivity index (χ1) is 14.0. The van der Waals surface area contributed by atoms with Crippen molar-refractivity contribution in [1.29, 1.82) is 0 Å². The van der Waals surface area contributed by atoms with Gasteiger partial charge in [-0.05, 0) is 56.2 Å². The molecule has 0 spiro atoms. The van der Waals surface area contributed by atoms with E-state index in [1.54, 1.807) is 24.3 Å². The number of carbonyl (C=O) groups is 1. The highest BCUT2D eigenvalue weighted by molar-refractivity contribution is 5.92. The number of amides is 1. The Kier molecular flexibility index (Phi) is 5.16. The summed E-state index contributed by atoms with van der Waals surface area (Å²) in [6, 6.07) is 10.5. The monoisotopic (exact) mass is 393 g/mol. The molecular weight excluding hydrogens is 373 g/mol. The zero-order valence-electron chi connectivity index (χ0n) is 15.9. The third-order valence-corrected chi connectivity index (χ3v) is 4.66. The van der Waals surface area contributed by atoms with Crippen molar-refractivity contribution in [3.05, 3.63) is 75.8 Å². The van der Waals surface area contributed by atoms with Crippen molar-refractivity contribution < 1.29 is 9.18 Å². The normalized spacial score (nSPS) is 13.3. The maximum atomic E-state index is 13.1. The summed E-state index contributed by atoms with van der Waals surface area (Å²) in [5.74, 6) is 0.438. The average Bonchev–Trinajstić information content (AvgIpc) is 3.55. The van der Waals surface area contributed by atoms with Crippen LogP contribution in [0.5, 0.6) is 0 Å². The molecule has 7 nitrogen and oxygen atoms in total. The minimum atomic E-state index is -0.338. The van der Waals surface area contributed by atoms with E-state index in [4.69, 9.17) is 0 Å². The molecule has 0 radical (unpaired) electrons. The molecule has 1 aromatic carbocycles. The molecule has 1 aliphatic rings. The Morgan fingerprint density at radius 2 is 1.93 bits per heavy atom. The predicted octanol–water partition coefficient (Wildman–Crippen LogP) is 2.46. The molecule has 3 aromatic rings. The van der Waals surface area contributed by atoms with E-state index in [9.17, 15) is 14.0 Å². The van der Waals surface area contributed by atoms with Gasteiger partial charge in [-0.1, -0.05) is 0 Å². The van der Waals surface area contributed by atoms with Crippen LogP contribution in [0.15, 0.2) is 47.3 Å². The second-order valence-corrected chi connectivity index (χ2v) is 7.07.